The summed E-state index contributed by atoms with van der Waals surface area (Å²) in [7, 11) is 1.59. The number of hydrogen-bond acceptors (Lipinski definition) is 3. The second kappa shape index (κ2) is 6.20. The number of anilines is 1. The van der Waals surface area contributed by atoms with E-state index in [0.717, 1.165) is 22.4 Å². The van der Waals surface area contributed by atoms with Crippen LogP contribution in [0.25, 0.3) is 6.08 Å². The van der Waals surface area contributed by atoms with Crippen LogP contribution >= 0.6 is 0 Å². The molecule has 5 heteroatoms. The van der Waals surface area contributed by atoms with E-state index in [-0.39, 0.29) is 11.5 Å². The predicted octanol–water partition coefficient (Wildman–Crippen LogP) is 2.77. The minimum atomic E-state index is -0.408. The number of aryl methyl sites for hydroxylation is 2. The number of carbonyl (C=O) groups excluding carboxylic acids is 2. The molecule has 0 aromatic heterocycles. The second-order valence-corrected chi connectivity index (χ2v) is 5.68. The zero-order valence-electron chi connectivity index (χ0n) is 13.8. The number of benzene rings is 2. The van der Waals surface area contributed by atoms with Crippen LogP contribution in [0.3, 0.4) is 0 Å². The van der Waals surface area contributed by atoms with Gasteiger partial charge in [0.05, 0.1) is 12.8 Å². The average molecular weight is 322 g/mol. The molecule has 1 N–H and O–H groups in total. The molecule has 1 aliphatic rings. The number of methoxy groups -OCH3 is 1. The van der Waals surface area contributed by atoms with Gasteiger partial charge in [-0.3, -0.25) is 15.0 Å². The first-order chi connectivity index (χ1) is 11.5. The molecular weight excluding hydrogens is 304 g/mol. The van der Waals surface area contributed by atoms with Gasteiger partial charge in [0.15, 0.2) is 0 Å². The van der Waals surface area contributed by atoms with Crippen molar-refractivity contribution in [2.75, 3.05) is 12.1 Å². The number of nitrogens with zero attached hydrogens (tertiary/aromatic N) is 1. The zero-order chi connectivity index (χ0) is 17.3. The van der Waals surface area contributed by atoms with Gasteiger partial charge in [-0.05, 0) is 60.9 Å². The van der Waals surface area contributed by atoms with Crippen molar-refractivity contribution in [2.24, 2.45) is 0 Å². The molecule has 0 saturated carbocycles. The maximum Gasteiger partial charge on any atom is 0.282 e. The SMILES string of the molecule is COc1ccc(C=C2C(=O)NN(c3ccc(C)c(C)c3)C2=O)cc1. The van der Waals surface area contributed by atoms with Gasteiger partial charge in [0, 0.05) is 0 Å². The molecule has 0 spiro atoms. The molecule has 24 heavy (non-hydrogen) atoms. The van der Waals surface area contributed by atoms with E-state index in [2.05, 4.69) is 5.43 Å². The summed E-state index contributed by atoms with van der Waals surface area (Å²) in [5.41, 5.74) is 6.32. The van der Waals surface area contributed by atoms with Gasteiger partial charge in [0.25, 0.3) is 11.8 Å². The third-order valence-electron chi connectivity index (χ3n) is 4.07. The number of carbonyl (C=O) groups is 2. The Hall–Kier alpha value is -3.08. The van der Waals surface area contributed by atoms with Crippen molar-refractivity contribution in [3.8, 4) is 5.75 Å². The molecule has 2 amide bonds. The summed E-state index contributed by atoms with van der Waals surface area (Å²) in [6.07, 6.45) is 1.58. The molecule has 1 fully saturated rings. The Balaban J connectivity index is 1.90. The van der Waals surface area contributed by atoms with E-state index in [0.29, 0.717) is 5.69 Å². The lowest BCUT2D eigenvalue weighted by Crippen LogP contribution is -2.35. The van der Waals surface area contributed by atoms with E-state index >= 15 is 0 Å². The maximum atomic E-state index is 12.6. The molecule has 3 rings (SSSR count). The molecule has 0 unspecified atom stereocenters. The summed E-state index contributed by atoms with van der Waals surface area (Å²) in [5.74, 6) is -0.0516. The summed E-state index contributed by atoms with van der Waals surface area (Å²) in [6.45, 7) is 3.97. The third-order valence-corrected chi connectivity index (χ3v) is 4.07. The highest BCUT2D eigenvalue weighted by Crippen LogP contribution is 2.24. The van der Waals surface area contributed by atoms with Crippen LogP contribution in [0, 0.1) is 13.8 Å². The van der Waals surface area contributed by atoms with Crippen LogP contribution in [0.5, 0.6) is 5.75 Å². The molecule has 0 radical (unpaired) electrons. The fourth-order valence-corrected chi connectivity index (χ4v) is 2.47. The van der Waals surface area contributed by atoms with Crippen molar-refractivity contribution in [1.29, 1.82) is 0 Å². The van der Waals surface area contributed by atoms with Crippen LogP contribution < -0.4 is 15.2 Å². The van der Waals surface area contributed by atoms with Crippen LogP contribution in [0.1, 0.15) is 16.7 Å². The highest BCUT2D eigenvalue weighted by atomic mass is 16.5. The van der Waals surface area contributed by atoms with Crippen LogP contribution in [0.2, 0.25) is 0 Å². The molecule has 0 aliphatic carbocycles. The van der Waals surface area contributed by atoms with E-state index < -0.39 is 5.91 Å². The molecule has 5 nitrogen and oxygen atoms in total. The van der Waals surface area contributed by atoms with Crippen LogP contribution in [-0.4, -0.2) is 18.9 Å². The summed E-state index contributed by atoms with van der Waals surface area (Å²) in [4.78, 5) is 24.8. The van der Waals surface area contributed by atoms with Gasteiger partial charge < -0.3 is 4.74 Å². The van der Waals surface area contributed by atoms with E-state index in [4.69, 9.17) is 4.74 Å². The fourth-order valence-electron chi connectivity index (χ4n) is 2.47. The Bertz CT molecular complexity index is 838. The number of nitrogens with one attached hydrogen (secondary N) is 1. The van der Waals surface area contributed by atoms with Gasteiger partial charge in [0.1, 0.15) is 11.3 Å². The highest BCUT2D eigenvalue weighted by Gasteiger charge is 2.34. The van der Waals surface area contributed by atoms with Crippen molar-refractivity contribution in [2.45, 2.75) is 13.8 Å². The van der Waals surface area contributed by atoms with Crippen molar-refractivity contribution in [3.05, 3.63) is 64.7 Å². The number of amides is 2. The first kappa shape index (κ1) is 15.8. The maximum absolute atomic E-state index is 12.6. The van der Waals surface area contributed by atoms with E-state index in [1.807, 2.05) is 32.0 Å². The third kappa shape index (κ3) is 2.88. The minimum Gasteiger partial charge on any atom is -0.497 e. The second-order valence-electron chi connectivity index (χ2n) is 5.68. The summed E-state index contributed by atoms with van der Waals surface area (Å²) in [6, 6.07) is 12.8. The van der Waals surface area contributed by atoms with Crippen LogP contribution in [0.4, 0.5) is 5.69 Å². The monoisotopic (exact) mass is 322 g/mol. The van der Waals surface area contributed by atoms with Crippen LogP contribution in [-0.2, 0) is 9.59 Å². The van der Waals surface area contributed by atoms with Gasteiger partial charge in [0.2, 0.25) is 0 Å². The van der Waals surface area contributed by atoms with Gasteiger partial charge in [-0.2, -0.15) is 0 Å². The number of ether oxygens (including phenoxy) is 1. The van der Waals surface area contributed by atoms with Gasteiger partial charge in [-0.1, -0.05) is 18.2 Å². The Morgan fingerprint density at radius 2 is 1.71 bits per heavy atom. The molecule has 1 aliphatic heterocycles. The first-order valence-electron chi connectivity index (χ1n) is 7.58. The molecule has 2 aromatic rings. The van der Waals surface area contributed by atoms with Crippen molar-refractivity contribution in [3.63, 3.8) is 0 Å². The van der Waals surface area contributed by atoms with Crippen molar-refractivity contribution < 1.29 is 14.3 Å². The lowest BCUT2D eigenvalue weighted by Gasteiger charge is -2.15. The largest absolute Gasteiger partial charge is 0.497 e. The molecule has 0 atom stereocenters. The minimum absolute atomic E-state index is 0.110. The number of hydrazine groups is 1. The highest BCUT2D eigenvalue weighted by molar-refractivity contribution is 6.31. The average Bonchev–Trinajstić information content (AvgIpc) is 2.86. The Morgan fingerprint density at radius 1 is 1.00 bits per heavy atom. The van der Waals surface area contributed by atoms with Crippen LogP contribution in [0.15, 0.2) is 48.0 Å². The van der Waals surface area contributed by atoms with Crippen molar-refractivity contribution >= 4 is 23.6 Å². The molecule has 122 valence electrons. The summed E-state index contributed by atoms with van der Waals surface area (Å²) < 4.78 is 5.10. The standard InChI is InChI=1S/C19H18N2O3/c1-12-4-7-15(10-13(12)2)21-19(23)17(18(22)20-21)11-14-5-8-16(24-3)9-6-14/h4-11H,1-3H3,(H,20,22). The molecule has 0 bridgehead atoms. The zero-order valence-corrected chi connectivity index (χ0v) is 13.8. The number of hydrogen-bond donors (Lipinski definition) is 1. The summed E-state index contributed by atoms with van der Waals surface area (Å²) >= 11 is 0. The van der Waals surface area contributed by atoms with E-state index in [1.165, 1.54) is 5.01 Å². The van der Waals surface area contributed by atoms with Crippen molar-refractivity contribution in [1.82, 2.24) is 5.43 Å². The Kier molecular flexibility index (Phi) is 4.08. The molecule has 1 heterocycles. The van der Waals surface area contributed by atoms with Gasteiger partial charge in [-0.25, -0.2) is 5.01 Å². The predicted molar refractivity (Wildman–Crippen MR) is 92.5 cm³/mol. The fraction of sp³-hybridized carbons (Fsp3) is 0.158. The number of rotatable bonds is 3. The molecular formula is C19H18N2O3. The smallest absolute Gasteiger partial charge is 0.282 e. The van der Waals surface area contributed by atoms with E-state index in [1.54, 1.807) is 37.5 Å². The first-order valence-corrected chi connectivity index (χ1v) is 7.58. The topological polar surface area (TPSA) is 58.6 Å². The lowest BCUT2D eigenvalue weighted by atomic mass is 10.1. The van der Waals surface area contributed by atoms with E-state index in [9.17, 15) is 9.59 Å². The van der Waals surface area contributed by atoms with Gasteiger partial charge >= 0.3 is 0 Å². The Morgan fingerprint density at radius 3 is 2.33 bits per heavy atom. The lowest BCUT2D eigenvalue weighted by molar-refractivity contribution is -0.117. The normalized spacial score (nSPS) is 15.8. The molecule has 1 saturated heterocycles. The molecule has 2 aromatic carbocycles. The van der Waals surface area contributed by atoms with Gasteiger partial charge in [-0.15, -0.1) is 0 Å². The summed E-state index contributed by atoms with van der Waals surface area (Å²) in [5, 5.41) is 1.28. The Labute approximate surface area is 140 Å². The quantitative estimate of drug-likeness (QED) is 0.698.